The highest BCUT2D eigenvalue weighted by molar-refractivity contribution is 7.65. The topological polar surface area (TPSA) is 35.9 Å². The second kappa shape index (κ2) is 4.67. The summed E-state index contributed by atoms with van der Waals surface area (Å²) in [6.45, 7) is 5.30. The van der Waals surface area contributed by atoms with Gasteiger partial charge in [-0.2, -0.15) is 0 Å². The summed E-state index contributed by atoms with van der Waals surface area (Å²) in [7, 11) is 1.99. The van der Waals surface area contributed by atoms with Crippen LogP contribution in [0.2, 0.25) is 0 Å². The standard InChI is InChI=1S/C8H20N2O2P/c1-4-12-7-8-13(11)9(2)5-6-10(13)3/h11H,4-8H2,1-3H3/q+1. The minimum atomic E-state index is -1.99. The average Bonchev–Trinajstić information content (AvgIpc) is 2.35. The summed E-state index contributed by atoms with van der Waals surface area (Å²) < 4.78 is 9.42. The molecule has 0 spiro atoms. The van der Waals surface area contributed by atoms with Crippen LogP contribution in [-0.4, -0.2) is 60.8 Å². The average molecular weight is 207 g/mol. The zero-order valence-electron chi connectivity index (χ0n) is 8.73. The van der Waals surface area contributed by atoms with E-state index in [1.165, 1.54) is 0 Å². The van der Waals surface area contributed by atoms with E-state index in [2.05, 4.69) is 9.34 Å². The molecule has 0 aliphatic carbocycles. The predicted octanol–water partition coefficient (Wildman–Crippen LogP) is 0.655. The number of likely N-dealkylation sites (N-methyl/N-ethyl adjacent to an activating group) is 2. The second-order valence-corrected chi connectivity index (χ2v) is 6.57. The first kappa shape index (κ1) is 11.3. The van der Waals surface area contributed by atoms with Gasteiger partial charge in [0.2, 0.25) is 0 Å². The van der Waals surface area contributed by atoms with Gasteiger partial charge in [0.1, 0.15) is 6.16 Å². The maximum Gasteiger partial charge on any atom is 0.287 e. The Labute approximate surface area is 81.0 Å². The third kappa shape index (κ3) is 2.39. The van der Waals surface area contributed by atoms with Gasteiger partial charge in [-0.25, -0.2) is 4.89 Å². The van der Waals surface area contributed by atoms with Crippen molar-refractivity contribution in [2.24, 2.45) is 0 Å². The zero-order chi connectivity index (χ0) is 9.90. The van der Waals surface area contributed by atoms with Gasteiger partial charge in [0.15, 0.2) is 0 Å². The molecule has 1 N–H and O–H groups in total. The maximum absolute atomic E-state index is 10.3. The Morgan fingerprint density at radius 1 is 1.31 bits per heavy atom. The SMILES string of the molecule is CCOCC[P+]1(O)N(C)CCN1C. The highest BCUT2D eigenvalue weighted by atomic mass is 31.2. The van der Waals surface area contributed by atoms with Crippen molar-refractivity contribution in [3.8, 4) is 0 Å². The van der Waals surface area contributed by atoms with Crippen molar-refractivity contribution >= 4 is 7.79 Å². The molecule has 1 saturated heterocycles. The molecule has 0 atom stereocenters. The van der Waals surface area contributed by atoms with Crippen molar-refractivity contribution < 1.29 is 9.63 Å². The van der Waals surface area contributed by atoms with Crippen LogP contribution in [0, 0.1) is 0 Å². The molecule has 0 aromatic heterocycles. The van der Waals surface area contributed by atoms with E-state index in [9.17, 15) is 4.89 Å². The van der Waals surface area contributed by atoms with Crippen LogP contribution >= 0.6 is 7.79 Å². The molecule has 1 fully saturated rings. The van der Waals surface area contributed by atoms with Crippen LogP contribution in [0.4, 0.5) is 0 Å². The van der Waals surface area contributed by atoms with E-state index in [-0.39, 0.29) is 0 Å². The van der Waals surface area contributed by atoms with Gasteiger partial charge in [0, 0.05) is 20.7 Å². The minimum absolute atomic E-state index is 0.662. The lowest BCUT2D eigenvalue weighted by Gasteiger charge is -2.24. The number of nitrogens with zero attached hydrogens (tertiary/aromatic N) is 2. The normalized spacial score (nSPS) is 24.0. The number of hydrogen-bond acceptors (Lipinski definition) is 4. The van der Waals surface area contributed by atoms with Crippen molar-refractivity contribution in [2.75, 3.05) is 46.6 Å². The van der Waals surface area contributed by atoms with Gasteiger partial charge in [-0.15, -0.1) is 9.34 Å². The Hall–Kier alpha value is 0.270. The van der Waals surface area contributed by atoms with Crippen LogP contribution in [-0.2, 0) is 4.74 Å². The molecule has 78 valence electrons. The van der Waals surface area contributed by atoms with E-state index in [1.807, 2.05) is 21.0 Å². The Bertz CT molecular complexity index is 158. The van der Waals surface area contributed by atoms with Gasteiger partial charge in [-0.3, -0.25) is 0 Å². The van der Waals surface area contributed by atoms with Gasteiger partial charge in [0.05, 0.1) is 19.7 Å². The van der Waals surface area contributed by atoms with Crippen molar-refractivity contribution in [1.29, 1.82) is 0 Å². The third-order valence-electron chi connectivity index (χ3n) is 2.58. The fourth-order valence-electron chi connectivity index (χ4n) is 1.54. The predicted molar refractivity (Wildman–Crippen MR) is 55.8 cm³/mol. The summed E-state index contributed by atoms with van der Waals surface area (Å²) in [4.78, 5) is 10.3. The van der Waals surface area contributed by atoms with Crippen LogP contribution < -0.4 is 0 Å². The van der Waals surface area contributed by atoms with E-state index >= 15 is 0 Å². The van der Waals surface area contributed by atoms with Crippen molar-refractivity contribution in [2.45, 2.75) is 6.92 Å². The summed E-state index contributed by atoms with van der Waals surface area (Å²) >= 11 is 0. The highest BCUT2D eigenvalue weighted by Crippen LogP contribution is 2.62. The molecule has 0 radical (unpaired) electrons. The Balaban J connectivity index is 2.42. The van der Waals surface area contributed by atoms with E-state index in [0.717, 1.165) is 25.9 Å². The molecule has 13 heavy (non-hydrogen) atoms. The highest BCUT2D eigenvalue weighted by Gasteiger charge is 2.50. The quantitative estimate of drug-likeness (QED) is 0.542. The molecule has 1 aliphatic heterocycles. The molecule has 1 aliphatic rings. The second-order valence-electron chi connectivity index (χ2n) is 3.38. The monoisotopic (exact) mass is 207 g/mol. The zero-order valence-corrected chi connectivity index (χ0v) is 9.63. The van der Waals surface area contributed by atoms with Crippen LogP contribution in [0.5, 0.6) is 0 Å². The molecule has 1 rings (SSSR count). The molecular weight excluding hydrogens is 187 g/mol. The van der Waals surface area contributed by atoms with Gasteiger partial charge in [0.25, 0.3) is 7.79 Å². The van der Waals surface area contributed by atoms with Crippen molar-refractivity contribution in [1.82, 2.24) is 9.34 Å². The summed E-state index contributed by atoms with van der Waals surface area (Å²) in [6.07, 6.45) is 0.758. The minimum Gasteiger partial charge on any atom is -0.378 e. The van der Waals surface area contributed by atoms with Gasteiger partial charge >= 0.3 is 0 Å². The van der Waals surface area contributed by atoms with Crippen molar-refractivity contribution in [3.63, 3.8) is 0 Å². The lowest BCUT2D eigenvalue weighted by molar-refractivity contribution is 0.160. The molecule has 0 amide bonds. The molecule has 0 unspecified atom stereocenters. The lowest BCUT2D eigenvalue weighted by Crippen LogP contribution is -2.24. The van der Waals surface area contributed by atoms with E-state index in [1.54, 1.807) is 0 Å². The molecule has 0 aromatic carbocycles. The van der Waals surface area contributed by atoms with Crippen LogP contribution in [0.3, 0.4) is 0 Å². The molecule has 1 heterocycles. The van der Waals surface area contributed by atoms with Gasteiger partial charge in [-0.1, -0.05) is 0 Å². The lowest BCUT2D eigenvalue weighted by atomic mass is 10.6. The van der Waals surface area contributed by atoms with Crippen molar-refractivity contribution in [3.05, 3.63) is 0 Å². The molecule has 0 bridgehead atoms. The fourth-order valence-corrected chi connectivity index (χ4v) is 3.94. The Morgan fingerprint density at radius 2 is 1.85 bits per heavy atom. The molecule has 0 saturated carbocycles. The molecule has 0 aromatic rings. The number of hydrogen-bond donors (Lipinski definition) is 1. The smallest absolute Gasteiger partial charge is 0.287 e. The Morgan fingerprint density at radius 3 is 2.31 bits per heavy atom. The van der Waals surface area contributed by atoms with Crippen LogP contribution in [0.15, 0.2) is 0 Å². The molecule has 5 heteroatoms. The van der Waals surface area contributed by atoms with Crippen LogP contribution in [0.25, 0.3) is 0 Å². The van der Waals surface area contributed by atoms with Gasteiger partial charge < -0.3 is 4.74 Å². The summed E-state index contributed by atoms with van der Waals surface area (Å²) in [5.41, 5.74) is 0. The fraction of sp³-hybridized carbons (Fsp3) is 1.00. The molecular formula is C8H20N2O2P+. The first-order chi connectivity index (χ1) is 6.11. The summed E-state index contributed by atoms with van der Waals surface area (Å²) in [6, 6.07) is 0. The van der Waals surface area contributed by atoms with E-state index in [4.69, 9.17) is 4.74 Å². The van der Waals surface area contributed by atoms with Gasteiger partial charge in [-0.05, 0) is 6.92 Å². The van der Waals surface area contributed by atoms with E-state index < -0.39 is 7.79 Å². The number of rotatable bonds is 4. The number of ether oxygens (including phenoxy) is 1. The largest absolute Gasteiger partial charge is 0.378 e. The summed E-state index contributed by atoms with van der Waals surface area (Å²) in [5, 5.41) is 0. The Kier molecular flexibility index (Phi) is 4.07. The first-order valence-electron chi connectivity index (χ1n) is 4.73. The first-order valence-corrected chi connectivity index (χ1v) is 6.56. The molecule has 4 nitrogen and oxygen atoms in total. The van der Waals surface area contributed by atoms with E-state index in [0.29, 0.717) is 6.61 Å². The van der Waals surface area contributed by atoms with Crippen LogP contribution in [0.1, 0.15) is 6.92 Å². The third-order valence-corrected chi connectivity index (χ3v) is 5.95. The maximum atomic E-state index is 10.3. The summed E-state index contributed by atoms with van der Waals surface area (Å²) in [5.74, 6) is 0.